The van der Waals surface area contributed by atoms with E-state index in [-0.39, 0.29) is 18.8 Å². The lowest BCUT2D eigenvalue weighted by molar-refractivity contribution is -0.137. The zero-order valence-corrected chi connectivity index (χ0v) is 16.7. The number of nitrogens with zero attached hydrogens (tertiary/aromatic N) is 1. The Morgan fingerprint density at radius 2 is 1.90 bits per heavy atom. The van der Waals surface area contributed by atoms with Gasteiger partial charge in [0.1, 0.15) is 6.10 Å². The van der Waals surface area contributed by atoms with Gasteiger partial charge in [-0.2, -0.15) is 13.2 Å². The third-order valence-corrected chi connectivity index (χ3v) is 4.49. The molecule has 2 aromatic rings. The van der Waals surface area contributed by atoms with Gasteiger partial charge in [-0.3, -0.25) is 4.90 Å². The van der Waals surface area contributed by atoms with E-state index < -0.39 is 30.0 Å². The summed E-state index contributed by atoms with van der Waals surface area (Å²) in [7, 11) is 2.97. The lowest BCUT2D eigenvalue weighted by atomic mass is 10.2. The molecule has 0 saturated carbocycles. The van der Waals surface area contributed by atoms with Crippen LogP contribution in [0.1, 0.15) is 5.56 Å². The number of hydrogen-bond acceptors (Lipinski definition) is 5. The second kappa shape index (κ2) is 9.02. The van der Waals surface area contributed by atoms with Crippen LogP contribution in [-0.4, -0.2) is 45.5 Å². The maximum Gasteiger partial charge on any atom is 0.416 e. The topological polar surface area (TPSA) is 89.1 Å². The fourth-order valence-corrected chi connectivity index (χ4v) is 2.99. The van der Waals surface area contributed by atoms with Crippen LogP contribution in [0.3, 0.4) is 0 Å². The summed E-state index contributed by atoms with van der Waals surface area (Å²) in [5.41, 5.74) is -0.359. The molecule has 31 heavy (non-hydrogen) atoms. The molecule has 0 bridgehead atoms. The molecule has 1 fully saturated rings. The second-order valence-electron chi connectivity index (χ2n) is 6.57. The van der Waals surface area contributed by atoms with Gasteiger partial charge < -0.3 is 24.8 Å². The zero-order chi connectivity index (χ0) is 22.6. The maximum atomic E-state index is 12.8. The van der Waals surface area contributed by atoms with E-state index in [1.54, 1.807) is 18.2 Å². The van der Waals surface area contributed by atoms with E-state index in [9.17, 15) is 22.8 Å². The summed E-state index contributed by atoms with van der Waals surface area (Å²) < 4.78 is 53.9. The summed E-state index contributed by atoms with van der Waals surface area (Å²) in [6.45, 7) is 0.137. The zero-order valence-electron chi connectivity index (χ0n) is 16.7. The summed E-state index contributed by atoms with van der Waals surface area (Å²) in [4.78, 5) is 25.6. The van der Waals surface area contributed by atoms with Crippen LogP contribution in [0.15, 0.2) is 42.5 Å². The van der Waals surface area contributed by atoms with E-state index in [0.29, 0.717) is 17.2 Å². The molecule has 1 atom stereocenters. The Morgan fingerprint density at radius 3 is 2.58 bits per heavy atom. The number of rotatable bonds is 6. The van der Waals surface area contributed by atoms with Crippen molar-refractivity contribution in [2.24, 2.45) is 0 Å². The van der Waals surface area contributed by atoms with E-state index in [1.165, 1.54) is 31.3 Å². The predicted molar refractivity (Wildman–Crippen MR) is 106 cm³/mol. The lowest BCUT2D eigenvalue weighted by Gasteiger charge is -2.16. The number of anilines is 2. The molecule has 0 spiro atoms. The van der Waals surface area contributed by atoms with Gasteiger partial charge in [0.25, 0.3) is 0 Å². The Bertz CT molecular complexity index is 967. The van der Waals surface area contributed by atoms with Crippen LogP contribution in [0.25, 0.3) is 0 Å². The standard InChI is InChI=1S/C20H20F3N3O5/c1-29-16-7-6-14(9-17(16)30-2)26-11-15(31-19(26)28)10-24-18(27)25-13-5-3-4-12(8-13)20(21,22)23/h3-9,15H,10-11H2,1-2H3,(H2,24,25,27)/t15-/m1/s1. The summed E-state index contributed by atoms with van der Waals surface area (Å²) in [6, 6.07) is 8.48. The van der Waals surface area contributed by atoms with E-state index in [0.717, 1.165) is 12.1 Å². The minimum atomic E-state index is -4.51. The predicted octanol–water partition coefficient (Wildman–Crippen LogP) is 3.87. The summed E-state index contributed by atoms with van der Waals surface area (Å²) >= 11 is 0. The third kappa shape index (κ3) is 5.30. The Morgan fingerprint density at radius 1 is 1.16 bits per heavy atom. The van der Waals surface area contributed by atoms with E-state index in [1.807, 2.05) is 0 Å². The molecule has 3 amide bonds. The fraction of sp³-hybridized carbons (Fsp3) is 0.300. The molecule has 2 aromatic carbocycles. The number of nitrogens with one attached hydrogen (secondary N) is 2. The summed E-state index contributed by atoms with van der Waals surface area (Å²) in [5, 5.41) is 4.81. The van der Waals surface area contributed by atoms with Gasteiger partial charge in [-0.15, -0.1) is 0 Å². The van der Waals surface area contributed by atoms with Crippen LogP contribution in [0.2, 0.25) is 0 Å². The minimum Gasteiger partial charge on any atom is -0.493 e. The van der Waals surface area contributed by atoms with Gasteiger partial charge in [0.15, 0.2) is 11.5 Å². The number of benzene rings is 2. The normalized spacial score (nSPS) is 16.0. The number of amides is 3. The number of carbonyl (C=O) groups excluding carboxylic acids is 2. The maximum absolute atomic E-state index is 12.8. The van der Waals surface area contributed by atoms with Crippen molar-refractivity contribution in [3.05, 3.63) is 48.0 Å². The number of hydrogen-bond donors (Lipinski definition) is 2. The molecule has 0 aromatic heterocycles. The van der Waals surface area contributed by atoms with Crippen LogP contribution in [0, 0.1) is 0 Å². The molecule has 1 heterocycles. The van der Waals surface area contributed by atoms with Crippen molar-refractivity contribution < 1.29 is 37.0 Å². The first-order valence-electron chi connectivity index (χ1n) is 9.13. The monoisotopic (exact) mass is 439 g/mol. The number of cyclic esters (lactones) is 1. The highest BCUT2D eigenvalue weighted by molar-refractivity contribution is 5.91. The van der Waals surface area contributed by atoms with Crippen molar-refractivity contribution in [3.63, 3.8) is 0 Å². The van der Waals surface area contributed by atoms with Gasteiger partial charge in [0, 0.05) is 11.8 Å². The molecule has 166 valence electrons. The lowest BCUT2D eigenvalue weighted by Crippen LogP contribution is -2.37. The molecule has 11 heteroatoms. The van der Waals surface area contributed by atoms with Crippen molar-refractivity contribution in [2.45, 2.75) is 12.3 Å². The third-order valence-electron chi connectivity index (χ3n) is 4.49. The Hall–Kier alpha value is -3.63. The number of halogens is 3. The van der Waals surface area contributed by atoms with Gasteiger partial charge in [-0.05, 0) is 30.3 Å². The number of alkyl halides is 3. The van der Waals surface area contributed by atoms with Crippen molar-refractivity contribution in [1.29, 1.82) is 0 Å². The number of ether oxygens (including phenoxy) is 3. The Kier molecular flexibility index (Phi) is 6.42. The highest BCUT2D eigenvalue weighted by atomic mass is 19.4. The summed E-state index contributed by atoms with van der Waals surface area (Å²) in [5.74, 6) is 0.943. The molecular formula is C20H20F3N3O5. The first kappa shape index (κ1) is 22.1. The highest BCUT2D eigenvalue weighted by Crippen LogP contribution is 2.33. The Balaban J connectivity index is 1.56. The smallest absolute Gasteiger partial charge is 0.416 e. The Labute approximate surface area is 175 Å². The van der Waals surface area contributed by atoms with Crippen LogP contribution in [0.5, 0.6) is 11.5 Å². The van der Waals surface area contributed by atoms with Gasteiger partial charge >= 0.3 is 18.3 Å². The van der Waals surface area contributed by atoms with Crippen LogP contribution >= 0.6 is 0 Å². The molecule has 0 aliphatic carbocycles. The first-order chi connectivity index (χ1) is 14.7. The van der Waals surface area contributed by atoms with E-state index in [2.05, 4.69) is 10.6 Å². The molecule has 1 aliphatic heterocycles. The average Bonchev–Trinajstić information content (AvgIpc) is 3.12. The molecule has 0 radical (unpaired) electrons. The minimum absolute atomic E-state index is 0.0114. The van der Waals surface area contributed by atoms with E-state index >= 15 is 0 Å². The van der Waals surface area contributed by atoms with Crippen molar-refractivity contribution >= 4 is 23.5 Å². The van der Waals surface area contributed by atoms with Crippen LogP contribution < -0.4 is 25.0 Å². The van der Waals surface area contributed by atoms with E-state index in [4.69, 9.17) is 14.2 Å². The molecule has 1 aliphatic rings. The number of carbonyl (C=O) groups is 2. The first-order valence-corrected chi connectivity index (χ1v) is 9.13. The van der Waals surface area contributed by atoms with Gasteiger partial charge in [-0.1, -0.05) is 6.07 Å². The van der Waals surface area contributed by atoms with Crippen molar-refractivity contribution in [1.82, 2.24) is 5.32 Å². The van der Waals surface area contributed by atoms with Gasteiger partial charge in [0.2, 0.25) is 0 Å². The number of methoxy groups -OCH3 is 2. The van der Waals surface area contributed by atoms with Crippen molar-refractivity contribution in [3.8, 4) is 11.5 Å². The molecule has 0 unspecified atom stereocenters. The largest absolute Gasteiger partial charge is 0.493 e. The van der Waals surface area contributed by atoms with Gasteiger partial charge in [0.05, 0.1) is 38.6 Å². The molecule has 2 N–H and O–H groups in total. The SMILES string of the molecule is COc1ccc(N2C[C@@H](CNC(=O)Nc3cccc(C(F)(F)F)c3)OC2=O)cc1OC. The van der Waals surface area contributed by atoms with Crippen LogP contribution in [-0.2, 0) is 10.9 Å². The van der Waals surface area contributed by atoms with Gasteiger partial charge in [-0.25, -0.2) is 9.59 Å². The quantitative estimate of drug-likeness (QED) is 0.714. The molecule has 8 nitrogen and oxygen atoms in total. The average molecular weight is 439 g/mol. The second-order valence-corrected chi connectivity index (χ2v) is 6.57. The number of urea groups is 1. The van der Waals surface area contributed by atoms with Crippen LogP contribution in [0.4, 0.5) is 34.1 Å². The molecule has 1 saturated heterocycles. The van der Waals surface area contributed by atoms with Crippen molar-refractivity contribution in [2.75, 3.05) is 37.5 Å². The molecular weight excluding hydrogens is 419 g/mol. The fourth-order valence-electron chi connectivity index (χ4n) is 2.99. The highest BCUT2D eigenvalue weighted by Gasteiger charge is 2.33. The summed E-state index contributed by atoms with van der Waals surface area (Å²) in [6.07, 6.45) is -5.76. The molecule has 3 rings (SSSR count).